The molecule has 1 fully saturated rings. The van der Waals surface area contributed by atoms with Gasteiger partial charge in [-0.2, -0.15) is 17.5 Å². The Labute approximate surface area is 211 Å². The molecule has 0 amide bonds. The highest BCUT2D eigenvalue weighted by molar-refractivity contribution is 7.91. The van der Waals surface area contributed by atoms with E-state index in [4.69, 9.17) is 4.74 Å². The van der Waals surface area contributed by atoms with Crippen molar-refractivity contribution in [2.75, 3.05) is 31.6 Å². The Morgan fingerprint density at radius 1 is 1.14 bits per heavy atom. The van der Waals surface area contributed by atoms with E-state index in [9.17, 15) is 26.7 Å². The molecule has 1 aromatic carbocycles. The van der Waals surface area contributed by atoms with Gasteiger partial charge in [0.25, 0.3) is 10.0 Å². The number of benzene rings is 1. The lowest BCUT2D eigenvalue weighted by atomic mass is 9.94. The first kappa shape index (κ1) is 26.4. The van der Waals surface area contributed by atoms with Gasteiger partial charge in [0.2, 0.25) is 5.88 Å². The monoisotopic (exact) mass is 541 g/mol. The maximum atomic E-state index is 13.3. The number of halogens is 3. The zero-order valence-electron chi connectivity index (χ0n) is 19.6. The molecule has 36 heavy (non-hydrogen) atoms. The number of pyridine rings is 1. The summed E-state index contributed by atoms with van der Waals surface area (Å²) in [5, 5.41) is 11.7. The van der Waals surface area contributed by atoms with Gasteiger partial charge in [-0.25, -0.2) is 13.4 Å². The number of ether oxygens (including phenoxy) is 1. The van der Waals surface area contributed by atoms with Gasteiger partial charge >= 0.3 is 6.18 Å². The summed E-state index contributed by atoms with van der Waals surface area (Å²) >= 11 is 1.15. The Kier molecular flexibility index (Phi) is 7.33. The third-order valence-corrected chi connectivity index (χ3v) is 9.58. The fourth-order valence-electron chi connectivity index (χ4n) is 4.26. The lowest BCUT2D eigenvalue weighted by molar-refractivity contribution is -0.258. The van der Waals surface area contributed by atoms with Crippen molar-refractivity contribution in [2.45, 2.75) is 35.4 Å². The van der Waals surface area contributed by atoms with Gasteiger partial charge in [0.1, 0.15) is 4.21 Å². The molecule has 0 spiro atoms. The van der Waals surface area contributed by atoms with E-state index >= 15 is 0 Å². The third-order valence-electron chi connectivity index (χ3n) is 6.35. The van der Waals surface area contributed by atoms with E-state index in [2.05, 4.69) is 4.98 Å². The largest absolute Gasteiger partial charge is 0.481 e. The van der Waals surface area contributed by atoms with E-state index in [1.165, 1.54) is 35.7 Å². The second-order valence-electron chi connectivity index (χ2n) is 8.64. The SMILES string of the molecule is COc1ncccc1CC1CN(S(=O)(=O)c2cccs2)CCN1c1ccc(C(C)(O)C(F)(F)F)cc1. The van der Waals surface area contributed by atoms with Crippen LogP contribution in [0.25, 0.3) is 0 Å². The highest BCUT2D eigenvalue weighted by Gasteiger charge is 2.51. The van der Waals surface area contributed by atoms with Gasteiger partial charge < -0.3 is 14.7 Å². The van der Waals surface area contributed by atoms with Crippen LogP contribution in [0.5, 0.6) is 5.88 Å². The normalized spacial score (nSPS) is 19.2. The Morgan fingerprint density at radius 3 is 2.47 bits per heavy atom. The van der Waals surface area contributed by atoms with Crippen molar-refractivity contribution in [3.05, 3.63) is 71.2 Å². The lowest BCUT2D eigenvalue weighted by Crippen LogP contribution is -2.55. The molecule has 0 radical (unpaired) electrons. The van der Waals surface area contributed by atoms with Crippen LogP contribution in [0.3, 0.4) is 0 Å². The van der Waals surface area contributed by atoms with E-state index in [0.29, 0.717) is 31.5 Å². The minimum Gasteiger partial charge on any atom is -0.481 e. The van der Waals surface area contributed by atoms with Crippen molar-refractivity contribution in [1.29, 1.82) is 0 Å². The first-order valence-corrected chi connectivity index (χ1v) is 13.4. The fourth-order valence-corrected chi connectivity index (χ4v) is 6.87. The molecule has 4 rings (SSSR count). The Hall–Kier alpha value is -2.67. The van der Waals surface area contributed by atoms with Gasteiger partial charge in [-0.05, 0) is 48.6 Å². The second-order valence-corrected chi connectivity index (χ2v) is 11.7. The zero-order valence-corrected chi connectivity index (χ0v) is 21.3. The Morgan fingerprint density at radius 2 is 1.86 bits per heavy atom. The summed E-state index contributed by atoms with van der Waals surface area (Å²) in [7, 11) is -2.18. The number of aliphatic hydroxyl groups is 1. The number of nitrogens with zero attached hydrogens (tertiary/aromatic N) is 3. The maximum absolute atomic E-state index is 13.3. The van der Waals surface area contributed by atoms with Gasteiger partial charge in [-0.3, -0.25) is 0 Å². The molecule has 12 heteroatoms. The third kappa shape index (κ3) is 5.08. The van der Waals surface area contributed by atoms with Crippen molar-refractivity contribution in [3.8, 4) is 5.88 Å². The minimum atomic E-state index is -4.82. The highest BCUT2D eigenvalue weighted by Crippen LogP contribution is 2.39. The van der Waals surface area contributed by atoms with Crippen molar-refractivity contribution < 1.29 is 31.4 Å². The summed E-state index contributed by atoms with van der Waals surface area (Å²) in [6.07, 6.45) is -2.83. The summed E-state index contributed by atoms with van der Waals surface area (Å²) in [5.41, 5.74) is -1.86. The van der Waals surface area contributed by atoms with E-state index in [0.717, 1.165) is 16.9 Å². The van der Waals surface area contributed by atoms with Crippen LogP contribution in [-0.2, 0) is 22.0 Å². The quantitative estimate of drug-likeness (QED) is 0.486. The van der Waals surface area contributed by atoms with E-state index in [1.807, 2.05) is 11.0 Å². The number of hydrogen-bond donors (Lipinski definition) is 1. The number of thiophene rings is 1. The van der Waals surface area contributed by atoms with Crippen molar-refractivity contribution in [3.63, 3.8) is 0 Å². The molecular weight excluding hydrogens is 515 g/mol. The second kappa shape index (κ2) is 10.0. The Balaban J connectivity index is 1.66. The molecule has 2 aromatic heterocycles. The molecule has 2 unspecified atom stereocenters. The van der Waals surface area contributed by atoms with Gasteiger partial charge in [-0.15, -0.1) is 11.3 Å². The number of sulfonamides is 1. The molecule has 1 aliphatic rings. The average Bonchev–Trinajstić information content (AvgIpc) is 3.40. The van der Waals surface area contributed by atoms with Crippen LogP contribution < -0.4 is 9.64 Å². The topological polar surface area (TPSA) is 83.0 Å². The zero-order chi connectivity index (χ0) is 26.1. The summed E-state index contributed by atoms with van der Waals surface area (Å²) in [4.78, 5) is 6.20. The number of rotatable bonds is 7. The lowest BCUT2D eigenvalue weighted by Gasteiger charge is -2.42. The highest BCUT2D eigenvalue weighted by atomic mass is 32.2. The van der Waals surface area contributed by atoms with Crippen LogP contribution in [0.2, 0.25) is 0 Å². The van der Waals surface area contributed by atoms with Crippen molar-refractivity contribution >= 4 is 27.0 Å². The molecule has 0 aliphatic carbocycles. The summed E-state index contributed by atoms with van der Waals surface area (Å²) in [6, 6.07) is 12.1. The number of aromatic nitrogens is 1. The first-order chi connectivity index (χ1) is 16.9. The standard InChI is InChI=1S/C24H26F3N3O4S2/c1-23(31,24(25,26)27)18-7-9-19(10-8-18)30-13-12-29(36(32,33)21-6-4-14-35-21)16-20(30)15-17-5-3-11-28-22(17)34-2/h3-11,14,20,31H,12-13,15-16H2,1-2H3. The van der Waals surface area contributed by atoms with Gasteiger partial charge in [0, 0.05) is 43.1 Å². The molecule has 1 saturated heterocycles. The van der Waals surface area contributed by atoms with Crippen LogP contribution in [0.15, 0.2) is 64.3 Å². The van der Waals surface area contributed by atoms with Gasteiger partial charge in [-0.1, -0.05) is 24.3 Å². The molecule has 2 atom stereocenters. The van der Waals surface area contributed by atoms with E-state index in [1.54, 1.807) is 29.8 Å². The van der Waals surface area contributed by atoms with Crippen LogP contribution in [0, 0.1) is 0 Å². The molecule has 7 nitrogen and oxygen atoms in total. The van der Waals surface area contributed by atoms with Crippen LogP contribution >= 0.6 is 11.3 Å². The molecule has 3 heterocycles. The molecule has 3 aromatic rings. The minimum absolute atomic E-state index is 0.167. The van der Waals surface area contributed by atoms with Crippen LogP contribution in [-0.4, -0.2) is 61.8 Å². The number of piperazine rings is 1. The molecule has 194 valence electrons. The fraction of sp³-hybridized carbons (Fsp3) is 0.375. The summed E-state index contributed by atoms with van der Waals surface area (Å²) < 4.78 is 73.3. The first-order valence-electron chi connectivity index (χ1n) is 11.1. The molecule has 1 N–H and O–H groups in total. The summed E-state index contributed by atoms with van der Waals surface area (Å²) in [5.74, 6) is 0.423. The molecule has 0 bridgehead atoms. The predicted molar refractivity (Wildman–Crippen MR) is 131 cm³/mol. The molecule has 0 saturated carbocycles. The number of anilines is 1. The van der Waals surface area contributed by atoms with E-state index < -0.39 is 21.8 Å². The maximum Gasteiger partial charge on any atom is 0.421 e. The van der Waals surface area contributed by atoms with Crippen LogP contribution in [0.4, 0.5) is 18.9 Å². The van der Waals surface area contributed by atoms with Crippen LogP contribution in [0.1, 0.15) is 18.1 Å². The number of hydrogen-bond acceptors (Lipinski definition) is 7. The average molecular weight is 542 g/mol. The van der Waals surface area contributed by atoms with Crippen molar-refractivity contribution in [2.24, 2.45) is 0 Å². The van der Waals surface area contributed by atoms with E-state index in [-0.39, 0.29) is 28.9 Å². The Bertz CT molecular complexity index is 1280. The number of alkyl halides is 3. The van der Waals surface area contributed by atoms with Crippen molar-refractivity contribution in [1.82, 2.24) is 9.29 Å². The smallest absolute Gasteiger partial charge is 0.421 e. The summed E-state index contributed by atoms with van der Waals surface area (Å²) in [6.45, 7) is 1.42. The van der Waals surface area contributed by atoms with Gasteiger partial charge in [0.15, 0.2) is 5.60 Å². The molecular formula is C24H26F3N3O4S2. The number of methoxy groups -OCH3 is 1. The molecule has 1 aliphatic heterocycles. The predicted octanol–water partition coefficient (Wildman–Crippen LogP) is 4.04. The van der Waals surface area contributed by atoms with Gasteiger partial charge in [0.05, 0.1) is 7.11 Å².